The Bertz CT molecular complexity index is 466. The van der Waals surface area contributed by atoms with Crippen molar-refractivity contribution in [1.29, 1.82) is 0 Å². The van der Waals surface area contributed by atoms with Crippen LogP contribution >= 0.6 is 0 Å². The third-order valence-electron chi connectivity index (χ3n) is 7.02. The van der Waals surface area contributed by atoms with E-state index in [0.29, 0.717) is 6.42 Å². The lowest BCUT2D eigenvalue weighted by atomic mass is 10.0. The Balaban J connectivity index is 3.55. The first kappa shape index (κ1) is 34.1. The van der Waals surface area contributed by atoms with Crippen LogP contribution in [-0.2, 0) is 4.79 Å². The normalized spacial score (nSPS) is 13.4. The van der Waals surface area contributed by atoms with E-state index in [1.165, 1.54) is 109 Å². The fourth-order valence-electron chi connectivity index (χ4n) is 4.59. The molecule has 1 amide bonds. The summed E-state index contributed by atoms with van der Waals surface area (Å²) in [5, 5.41) is 22.6. The number of hydrogen-bond acceptors (Lipinski definition) is 3. The Hall–Kier alpha value is -0.870. The summed E-state index contributed by atoms with van der Waals surface area (Å²) in [7, 11) is 0. The molecule has 3 N–H and O–H groups in total. The molecule has 0 aliphatic rings. The van der Waals surface area contributed by atoms with Crippen molar-refractivity contribution in [3.63, 3.8) is 0 Å². The molecule has 208 valence electrons. The molecule has 2 atom stereocenters. The zero-order valence-corrected chi connectivity index (χ0v) is 23.6. The maximum atomic E-state index is 12.0. The monoisotopic (exact) mass is 495 g/mol. The van der Waals surface area contributed by atoms with Gasteiger partial charge in [-0.1, -0.05) is 148 Å². The molecule has 0 radical (unpaired) electrons. The van der Waals surface area contributed by atoms with E-state index >= 15 is 0 Å². The van der Waals surface area contributed by atoms with Gasteiger partial charge in [-0.2, -0.15) is 0 Å². The molecule has 0 heterocycles. The third kappa shape index (κ3) is 24.6. The summed E-state index contributed by atoms with van der Waals surface area (Å²) >= 11 is 0. The largest absolute Gasteiger partial charge is 0.394 e. The van der Waals surface area contributed by atoms with Crippen molar-refractivity contribution in [2.24, 2.45) is 0 Å². The van der Waals surface area contributed by atoms with E-state index in [0.717, 1.165) is 32.1 Å². The minimum Gasteiger partial charge on any atom is -0.394 e. The molecular weight excluding hydrogens is 434 g/mol. The maximum Gasteiger partial charge on any atom is 0.220 e. The minimum absolute atomic E-state index is 0.0780. The summed E-state index contributed by atoms with van der Waals surface area (Å²) in [5.74, 6) is -0.0780. The number of rotatable bonds is 27. The first-order chi connectivity index (χ1) is 17.2. The molecule has 0 spiro atoms. The summed E-state index contributed by atoms with van der Waals surface area (Å²) in [6.07, 6.45) is 31.7. The number of nitrogens with one attached hydrogen (secondary N) is 1. The SMILES string of the molecule is CCCCCCCCCCCCCCCCCC/C=C/C(O)C(CO)NC(=O)CCCCCCC. The molecule has 0 saturated heterocycles. The third-order valence-corrected chi connectivity index (χ3v) is 7.02. The van der Waals surface area contributed by atoms with Gasteiger partial charge in [-0.15, -0.1) is 0 Å². The number of hydrogen-bond donors (Lipinski definition) is 3. The van der Waals surface area contributed by atoms with Crippen molar-refractivity contribution in [3.05, 3.63) is 12.2 Å². The smallest absolute Gasteiger partial charge is 0.220 e. The lowest BCUT2D eigenvalue weighted by Gasteiger charge is -2.20. The summed E-state index contributed by atoms with van der Waals surface area (Å²) in [5.41, 5.74) is 0. The van der Waals surface area contributed by atoms with Crippen LogP contribution in [0.3, 0.4) is 0 Å². The van der Waals surface area contributed by atoms with Gasteiger partial charge in [0.1, 0.15) is 0 Å². The molecule has 35 heavy (non-hydrogen) atoms. The topological polar surface area (TPSA) is 69.6 Å². The summed E-state index contributed by atoms with van der Waals surface area (Å²) in [6, 6.07) is -0.611. The van der Waals surface area contributed by atoms with Gasteiger partial charge in [0, 0.05) is 6.42 Å². The van der Waals surface area contributed by atoms with Gasteiger partial charge in [-0.25, -0.2) is 0 Å². The number of allylic oxidation sites excluding steroid dienone is 1. The van der Waals surface area contributed by atoms with Gasteiger partial charge in [-0.3, -0.25) is 4.79 Å². The van der Waals surface area contributed by atoms with Crippen molar-refractivity contribution in [1.82, 2.24) is 5.32 Å². The molecule has 0 saturated carbocycles. The average molecular weight is 496 g/mol. The first-order valence-electron chi connectivity index (χ1n) is 15.4. The lowest BCUT2D eigenvalue weighted by Crippen LogP contribution is -2.45. The van der Waals surface area contributed by atoms with Crippen molar-refractivity contribution < 1.29 is 15.0 Å². The van der Waals surface area contributed by atoms with Crippen LogP contribution in [0, 0.1) is 0 Å². The van der Waals surface area contributed by atoms with Gasteiger partial charge in [0.05, 0.1) is 18.8 Å². The molecule has 0 aromatic rings. The van der Waals surface area contributed by atoms with E-state index in [1.807, 2.05) is 6.08 Å². The van der Waals surface area contributed by atoms with Gasteiger partial charge in [0.2, 0.25) is 5.91 Å². The molecular formula is C31H61NO3. The van der Waals surface area contributed by atoms with Crippen LogP contribution in [0.5, 0.6) is 0 Å². The number of carbonyl (C=O) groups is 1. The molecule has 4 nitrogen and oxygen atoms in total. The predicted octanol–water partition coefficient (Wildman–Crippen LogP) is 8.39. The van der Waals surface area contributed by atoms with Gasteiger partial charge < -0.3 is 15.5 Å². The second-order valence-electron chi connectivity index (χ2n) is 10.5. The summed E-state index contributed by atoms with van der Waals surface area (Å²) in [4.78, 5) is 12.0. The van der Waals surface area contributed by atoms with Gasteiger partial charge in [0.15, 0.2) is 0 Å². The number of carbonyl (C=O) groups excluding carboxylic acids is 1. The van der Waals surface area contributed by atoms with Crippen LogP contribution in [-0.4, -0.2) is 34.9 Å². The van der Waals surface area contributed by atoms with Gasteiger partial charge in [0.25, 0.3) is 0 Å². The lowest BCUT2D eigenvalue weighted by molar-refractivity contribution is -0.123. The Morgan fingerprint density at radius 3 is 1.49 bits per heavy atom. The summed E-state index contributed by atoms with van der Waals surface area (Å²) < 4.78 is 0. The molecule has 0 aliphatic carbocycles. The van der Waals surface area contributed by atoms with Crippen LogP contribution in [0.25, 0.3) is 0 Å². The standard InChI is InChI=1S/C31H61NO3/c1-3-5-7-9-10-11-12-13-14-15-16-17-18-19-20-21-23-24-26-30(34)29(28-33)32-31(35)27-25-22-8-6-4-2/h24,26,29-30,33-34H,3-23,25,27-28H2,1-2H3,(H,32,35)/b26-24+. The fourth-order valence-corrected chi connectivity index (χ4v) is 4.59. The zero-order valence-electron chi connectivity index (χ0n) is 23.6. The van der Waals surface area contributed by atoms with E-state index < -0.39 is 12.1 Å². The van der Waals surface area contributed by atoms with Crippen LogP contribution in [0.15, 0.2) is 12.2 Å². The molecule has 0 bridgehead atoms. The highest BCUT2D eigenvalue weighted by atomic mass is 16.3. The highest BCUT2D eigenvalue weighted by molar-refractivity contribution is 5.76. The van der Waals surface area contributed by atoms with E-state index in [4.69, 9.17) is 0 Å². The van der Waals surface area contributed by atoms with Crippen LogP contribution < -0.4 is 5.32 Å². The molecule has 0 fully saturated rings. The van der Waals surface area contributed by atoms with Crippen LogP contribution in [0.1, 0.15) is 162 Å². The second kappa shape index (κ2) is 27.7. The maximum absolute atomic E-state index is 12.0. The highest BCUT2D eigenvalue weighted by Gasteiger charge is 2.17. The second-order valence-corrected chi connectivity index (χ2v) is 10.5. The van der Waals surface area contributed by atoms with Crippen molar-refractivity contribution in [2.45, 2.75) is 174 Å². The number of aliphatic hydroxyl groups excluding tert-OH is 2. The number of aliphatic hydroxyl groups is 2. The predicted molar refractivity (Wildman–Crippen MR) is 152 cm³/mol. The minimum atomic E-state index is -0.829. The van der Waals surface area contributed by atoms with E-state index in [9.17, 15) is 15.0 Å². The molecule has 2 unspecified atom stereocenters. The Morgan fingerprint density at radius 2 is 1.06 bits per heavy atom. The van der Waals surface area contributed by atoms with Crippen molar-refractivity contribution in [3.8, 4) is 0 Å². The van der Waals surface area contributed by atoms with Gasteiger partial charge in [-0.05, 0) is 19.3 Å². The average Bonchev–Trinajstić information content (AvgIpc) is 2.86. The summed E-state index contributed by atoms with van der Waals surface area (Å²) in [6.45, 7) is 4.21. The first-order valence-corrected chi connectivity index (χ1v) is 15.4. The van der Waals surface area contributed by atoms with E-state index in [1.54, 1.807) is 6.08 Å². The fraction of sp³-hybridized carbons (Fsp3) is 0.903. The Morgan fingerprint density at radius 1 is 0.657 bits per heavy atom. The highest BCUT2D eigenvalue weighted by Crippen LogP contribution is 2.14. The number of amides is 1. The molecule has 0 aromatic heterocycles. The Labute approximate surface area is 218 Å². The molecule has 0 aromatic carbocycles. The van der Waals surface area contributed by atoms with Crippen molar-refractivity contribution in [2.75, 3.05) is 6.61 Å². The Kier molecular flexibility index (Phi) is 27.0. The van der Waals surface area contributed by atoms with E-state index in [-0.39, 0.29) is 12.5 Å². The number of unbranched alkanes of at least 4 members (excludes halogenated alkanes) is 20. The molecule has 0 rings (SSSR count). The van der Waals surface area contributed by atoms with Crippen LogP contribution in [0.2, 0.25) is 0 Å². The van der Waals surface area contributed by atoms with E-state index in [2.05, 4.69) is 19.2 Å². The zero-order chi connectivity index (χ0) is 25.8. The quantitative estimate of drug-likeness (QED) is 0.0791. The van der Waals surface area contributed by atoms with Gasteiger partial charge >= 0.3 is 0 Å². The molecule has 4 heteroatoms. The van der Waals surface area contributed by atoms with Crippen LogP contribution in [0.4, 0.5) is 0 Å². The van der Waals surface area contributed by atoms with Crippen molar-refractivity contribution >= 4 is 5.91 Å². The molecule has 0 aliphatic heterocycles.